The van der Waals surface area contributed by atoms with E-state index in [4.69, 9.17) is 9.47 Å². The van der Waals surface area contributed by atoms with E-state index in [2.05, 4.69) is 19.1 Å². The van der Waals surface area contributed by atoms with Crippen molar-refractivity contribution in [1.29, 1.82) is 0 Å². The van der Waals surface area contributed by atoms with Gasteiger partial charge in [0, 0.05) is 25.9 Å². The van der Waals surface area contributed by atoms with Crippen molar-refractivity contribution in [2.75, 3.05) is 20.3 Å². The molecule has 4 nitrogen and oxygen atoms in total. The van der Waals surface area contributed by atoms with Gasteiger partial charge in [-0.3, -0.25) is 9.59 Å². The van der Waals surface area contributed by atoms with Crippen LogP contribution in [0.1, 0.15) is 27.2 Å². The van der Waals surface area contributed by atoms with Crippen molar-refractivity contribution < 1.29 is 19.1 Å². The lowest BCUT2D eigenvalue weighted by Gasteiger charge is -2.36. The maximum Gasteiger partial charge on any atom is 0.302 e. The van der Waals surface area contributed by atoms with E-state index in [9.17, 15) is 9.59 Å². The molecule has 0 spiro atoms. The topological polar surface area (TPSA) is 52.6 Å². The van der Waals surface area contributed by atoms with E-state index in [1.54, 1.807) is 14.0 Å². The summed E-state index contributed by atoms with van der Waals surface area (Å²) in [7, 11) is 1.61. The number of ketones is 1. The van der Waals surface area contributed by atoms with E-state index in [1.807, 2.05) is 0 Å². The van der Waals surface area contributed by atoms with Gasteiger partial charge in [0.25, 0.3) is 0 Å². The lowest BCUT2D eigenvalue weighted by Crippen LogP contribution is -2.38. The molecule has 1 rings (SSSR count). The molecule has 0 heterocycles. The first-order valence-electron chi connectivity index (χ1n) is 6.76. The largest absolute Gasteiger partial charge is 0.466 e. The summed E-state index contributed by atoms with van der Waals surface area (Å²) in [6.45, 7) is 5.92. The van der Waals surface area contributed by atoms with Crippen molar-refractivity contribution in [2.24, 2.45) is 23.7 Å². The van der Waals surface area contributed by atoms with Gasteiger partial charge in [-0.25, -0.2) is 0 Å². The van der Waals surface area contributed by atoms with Gasteiger partial charge in [0.2, 0.25) is 0 Å². The Kier molecular flexibility index (Phi) is 6.22. The molecule has 4 atom stereocenters. The number of methoxy groups -OCH3 is 1. The fourth-order valence-electron chi connectivity index (χ4n) is 2.83. The Morgan fingerprint density at radius 3 is 2.58 bits per heavy atom. The highest BCUT2D eigenvalue weighted by Crippen LogP contribution is 2.36. The van der Waals surface area contributed by atoms with E-state index < -0.39 is 0 Å². The molecule has 0 aromatic rings. The normalized spacial score (nSPS) is 27.9. The summed E-state index contributed by atoms with van der Waals surface area (Å²) < 4.78 is 10.3. The Hall–Kier alpha value is -1.16. The zero-order valence-electron chi connectivity index (χ0n) is 12.2. The van der Waals surface area contributed by atoms with Gasteiger partial charge in [0.05, 0.1) is 13.2 Å². The number of carbonyl (C=O) groups excluding carboxylic acids is 2. The van der Waals surface area contributed by atoms with Crippen molar-refractivity contribution in [3.05, 3.63) is 12.2 Å². The molecule has 0 bridgehead atoms. The minimum absolute atomic E-state index is 0.127. The highest BCUT2D eigenvalue weighted by molar-refractivity contribution is 5.78. The molecule has 0 amide bonds. The number of carbonyl (C=O) groups is 2. The Labute approximate surface area is 115 Å². The first-order valence-corrected chi connectivity index (χ1v) is 6.76. The first-order chi connectivity index (χ1) is 8.97. The van der Waals surface area contributed by atoms with Gasteiger partial charge in [-0.05, 0) is 25.2 Å². The highest BCUT2D eigenvalue weighted by Gasteiger charge is 2.36. The van der Waals surface area contributed by atoms with E-state index >= 15 is 0 Å². The number of allylic oxidation sites excluding steroid dienone is 2. The van der Waals surface area contributed by atoms with Crippen LogP contribution in [-0.2, 0) is 19.1 Å². The smallest absolute Gasteiger partial charge is 0.302 e. The summed E-state index contributed by atoms with van der Waals surface area (Å²) in [4.78, 5) is 22.8. The molecule has 0 aromatic carbocycles. The molecule has 1 aliphatic carbocycles. The van der Waals surface area contributed by atoms with Crippen LogP contribution in [0.3, 0.4) is 0 Å². The zero-order valence-corrected chi connectivity index (χ0v) is 12.2. The van der Waals surface area contributed by atoms with Crippen LogP contribution in [0.25, 0.3) is 0 Å². The zero-order chi connectivity index (χ0) is 14.4. The summed E-state index contributed by atoms with van der Waals surface area (Å²) in [5.74, 6) is 0.401. The monoisotopic (exact) mass is 268 g/mol. The molecule has 0 fully saturated rings. The second kappa shape index (κ2) is 7.43. The quantitative estimate of drug-likeness (QED) is 0.547. The third-order valence-corrected chi connectivity index (χ3v) is 3.94. The highest BCUT2D eigenvalue weighted by atomic mass is 16.5. The van der Waals surface area contributed by atoms with Crippen molar-refractivity contribution >= 4 is 11.8 Å². The molecular formula is C15H24O4. The van der Waals surface area contributed by atoms with E-state index in [1.165, 1.54) is 6.92 Å². The number of Topliss-reactive ketones (excluding diaryl/α,β-unsaturated/α-hetero) is 1. The lowest BCUT2D eigenvalue weighted by atomic mass is 9.70. The predicted octanol–water partition coefficient (Wildman–Crippen LogP) is 2.23. The number of rotatable bonds is 6. The fourth-order valence-corrected chi connectivity index (χ4v) is 2.83. The van der Waals surface area contributed by atoms with Crippen LogP contribution in [0.2, 0.25) is 0 Å². The second-order valence-electron chi connectivity index (χ2n) is 5.33. The molecule has 108 valence electrons. The van der Waals surface area contributed by atoms with Crippen molar-refractivity contribution in [2.45, 2.75) is 27.2 Å². The third-order valence-electron chi connectivity index (χ3n) is 3.94. The Morgan fingerprint density at radius 1 is 1.37 bits per heavy atom. The molecule has 0 N–H and O–H groups in total. The standard InChI is InChI=1S/C15H24O4/c1-10-6-5-7-13(14(10)9-19-12(3)17)15(8-18-4)11(2)16/h5-6,10,13-15H,7-9H2,1-4H3/t10-,13+,14-,15+/m1/s1. The van der Waals surface area contributed by atoms with Crippen LogP contribution in [-0.4, -0.2) is 32.1 Å². The fraction of sp³-hybridized carbons (Fsp3) is 0.733. The SMILES string of the molecule is COC[C@@H](C(C)=O)[C@H]1CC=C[C@@H](C)[C@H]1COC(C)=O. The van der Waals surface area contributed by atoms with Crippen molar-refractivity contribution in [3.8, 4) is 0 Å². The Balaban J connectivity index is 2.83. The van der Waals surface area contributed by atoms with Gasteiger partial charge in [-0.1, -0.05) is 19.1 Å². The minimum Gasteiger partial charge on any atom is -0.466 e. The minimum atomic E-state index is -0.272. The molecule has 0 saturated heterocycles. The molecule has 0 aromatic heterocycles. The van der Waals surface area contributed by atoms with Gasteiger partial charge in [0.15, 0.2) is 0 Å². The van der Waals surface area contributed by atoms with Crippen LogP contribution in [0, 0.1) is 23.7 Å². The van der Waals surface area contributed by atoms with Crippen LogP contribution < -0.4 is 0 Å². The molecule has 0 aliphatic heterocycles. The van der Waals surface area contributed by atoms with Gasteiger partial charge >= 0.3 is 5.97 Å². The molecule has 0 saturated carbocycles. The number of hydrogen-bond acceptors (Lipinski definition) is 4. The second-order valence-corrected chi connectivity index (χ2v) is 5.33. The van der Waals surface area contributed by atoms with E-state index in [0.29, 0.717) is 19.1 Å². The first kappa shape index (κ1) is 15.9. The maximum atomic E-state index is 11.8. The molecule has 0 unspecified atom stereocenters. The predicted molar refractivity (Wildman–Crippen MR) is 72.6 cm³/mol. The summed E-state index contributed by atoms with van der Waals surface area (Å²) in [5.41, 5.74) is 0. The van der Waals surface area contributed by atoms with E-state index in [-0.39, 0.29) is 29.5 Å². The summed E-state index contributed by atoms with van der Waals surface area (Å²) in [6.07, 6.45) is 5.09. The van der Waals surface area contributed by atoms with Gasteiger partial charge in [0.1, 0.15) is 5.78 Å². The maximum absolute atomic E-state index is 11.8. The van der Waals surface area contributed by atoms with Gasteiger partial charge < -0.3 is 9.47 Å². The summed E-state index contributed by atoms with van der Waals surface area (Å²) >= 11 is 0. The average Bonchev–Trinajstić information content (AvgIpc) is 2.33. The molecule has 1 aliphatic rings. The lowest BCUT2D eigenvalue weighted by molar-refractivity contribution is -0.144. The van der Waals surface area contributed by atoms with Crippen molar-refractivity contribution in [3.63, 3.8) is 0 Å². The summed E-state index contributed by atoms with van der Waals surface area (Å²) in [5, 5.41) is 0. The molecule has 0 radical (unpaired) electrons. The summed E-state index contributed by atoms with van der Waals surface area (Å²) in [6, 6.07) is 0. The van der Waals surface area contributed by atoms with Gasteiger partial charge in [-0.2, -0.15) is 0 Å². The van der Waals surface area contributed by atoms with Crippen LogP contribution >= 0.6 is 0 Å². The number of esters is 1. The van der Waals surface area contributed by atoms with Crippen LogP contribution in [0.5, 0.6) is 0 Å². The van der Waals surface area contributed by atoms with Crippen LogP contribution in [0.4, 0.5) is 0 Å². The number of hydrogen-bond donors (Lipinski definition) is 0. The Bertz CT molecular complexity index is 348. The average molecular weight is 268 g/mol. The van der Waals surface area contributed by atoms with Crippen molar-refractivity contribution in [1.82, 2.24) is 0 Å². The molecular weight excluding hydrogens is 244 g/mol. The molecule has 4 heteroatoms. The van der Waals surface area contributed by atoms with Gasteiger partial charge in [-0.15, -0.1) is 0 Å². The molecule has 19 heavy (non-hydrogen) atoms. The van der Waals surface area contributed by atoms with Crippen LogP contribution in [0.15, 0.2) is 12.2 Å². The number of ether oxygens (including phenoxy) is 2. The Morgan fingerprint density at radius 2 is 2.05 bits per heavy atom. The third kappa shape index (κ3) is 4.46. The van der Waals surface area contributed by atoms with E-state index in [0.717, 1.165) is 6.42 Å².